The van der Waals surface area contributed by atoms with Gasteiger partial charge in [0, 0.05) is 47.9 Å². The van der Waals surface area contributed by atoms with Crippen LogP contribution in [0.15, 0.2) is 54.7 Å². The first-order valence-corrected chi connectivity index (χ1v) is 11.7. The van der Waals surface area contributed by atoms with Gasteiger partial charge in [0.1, 0.15) is 23.9 Å². The molecular weight excluding hydrogens is 443 g/mol. The summed E-state index contributed by atoms with van der Waals surface area (Å²) in [6, 6.07) is 17.2. The van der Waals surface area contributed by atoms with E-state index in [-0.39, 0.29) is 5.56 Å². The second-order valence-corrected chi connectivity index (χ2v) is 9.18. The standard InChI is InChI=1S/C28H25FN4O2/c1-32-8-9-33-19(15-32)16-35-27-11-17(6-7-25(27)33)22-14-31-24-10-18(13-30)20(12-21(22)24)28-23(29)4-3-5-26(28)34-2/h3-7,10-12,14,19,31H,8-9,15-16H2,1-2H3. The van der Waals surface area contributed by atoms with Crippen molar-refractivity contribution in [3.8, 4) is 39.8 Å². The Hall–Kier alpha value is -4.02. The van der Waals surface area contributed by atoms with Gasteiger partial charge in [0.2, 0.25) is 0 Å². The van der Waals surface area contributed by atoms with Gasteiger partial charge in [-0.2, -0.15) is 5.26 Å². The van der Waals surface area contributed by atoms with Crippen LogP contribution in [0.2, 0.25) is 0 Å². The van der Waals surface area contributed by atoms with Crippen LogP contribution in [0, 0.1) is 17.1 Å². The normalized spacial score (nSPS) is 17.4. The molecule has 6 rings (SSSR count). The lowest BCUT2D eigenvalue weighted by molar-refractivity contribution is 0.188. The number of anilines is 1. The lowest BCUT2D eigenvalue weighted by atomic mass is 9.94. The van der Waals surface area contributed by atoms with Gasteiger partial charge in [-0.15, -0.1) is 0 Å². The van der Waals surface area contributed by atoms with Crippen molar-refractivity contribution in [3.05, 3.63) is 66.1 Å². The van der Waals surface area contributed by atoms with Gasteiger partial charge < -0.3 is 24.3 Å². The smallest absolute Gasteiger partial charge is 0.143 e. The molecule has 0 aliphatic carbocycles. The maximum atomic E-state index is 14.9. The number of fused-ring (bicyclic) bond motifs is 4. The number of hydrogen-bond donors (Lipinski definition) is 1. The van der Waals surface area contributed by atoms with E-state index in [4.69, 9.17) is 9.47 Å². The number of ether oxygens (including phenoxy) is 2. The summed E-state index contributed by atoms with van der Waals surface area (Å²) in [5.74, 6) is 0.838. The number of rotatable bonds is 3. The Morgan fingerprint density at radius 3 is 2.86 bits per heavy atom. The van der Waals surface area contributed by atoms with E-state index in [2.05, 4.69) is 46.1 Å². The van der Waals surface area contributed by atoms with Gasteiger partial charge in [-0.3, -0.25) is 0 Å². The first-order chi connectivity index (χ1) is 17.1. The number of H-pyrrole nitrogens is 1. The van der Waals surface area contributed by atoms with Crippen molar-refractivity contribution >= 4 is 16.6 Å². The number of nitrogens with one attached hydrogen (secondary N) is 1. The molecule has 3 aromatic carbocycles. The average Bonchev–Trinajstić information content (AvgIpc) is 3.30. The van der Waals surface area contributed by atoms with Crippen LogP contribution in [0.3, 0.4) is 0 Å². The molecule has 0 saturated carbocycles. The highest BCUT2D eigenvalue weighted by atomic mass is 19.1. The summed E-state index contributed by atoms with van der Waals surface area (Å²) in [6.07, 6.45) is 1.93. The summed E-state index contributed by atoms with van der Waals surface area (Å²) in [7, 11) is 3.65. The summed E-state index contributed by atoms with van der Waals surface area (Å²) in [4.78, 5) is 8.07. The molecule has 1 N–H and O–H groups in total. The Balaban J connectivity index is 1.46. The number of nitrogens with zero attached hydrogens (tertiary/aromatic N) is 3. The van der Waals surface area contributed by atoms with Crippen molar-refractivity contribution in [1.29, 1.82) is 5.26 Å². The highest BCUT2D eigenvalue weighted by Gasteiger charge is 2.32. The van der Waals surface area contributed by atoms with Crippen LogP contribution < -0.4 is 14.4 Å². The number of aromatic nitrogens is 1. The second kappa shape index (κ2) is 8.33. The quantitative estimate of drug-likeness (QED) is 0.457. The van der Waals surface area contributed by atoms with Crippen LogP contribution in [0.1, 0.15) is 5.56 Å². The van der Waals surface area contributed by atoms with Crippen molar-refractivity contribution in [1.82, 2.24) is 9.88 Å². The number of aromatic amines is 1. The van der Waals surface area contributed by atoms with Crippen LogP contribution in [0.5, 0.6) is 11.5 Å². The lowest BCUT2D eigenvalue weighted by Gasteiger charge is -2.44. The molecule has 1 unspecified atom stereocenters. The fourth-order valence-electron chi connectivity index (χ4n) is 5.33. The zero-order chi connectivity index (χ0) is 24.1. The predicted octanol–water partition coefficient (Wildman–Crippen LogP) is 5.03. The molecule has 176 valence electrons. The van der Waals surface area contributed by atoms with Crippen LogP contribution in [-0.4, -0.2) is 56.3 Å². The molecule has 1 atom stereocenters. The van der Waals surface area contributed by atoms with Gasteiger partial charge in [0.05, 0.1) is 36.0 Å². The monoisotopic (exact) mass is 468 g/mol. The minimum Gasteiger partial charge on any atom is -0.496 e. The van der Waals surface area contributed by atoms with Crippen molar-refractivity contribution in [3.63, 3.8) is 0 Å². The largest absolute Gasteiger partial charge is 0.496 e. The molecule has 4 aromatic rings. The predicted molar refractivity (Wildman–Crippen MR) is 135 cm³/mol. The minimum absolute atomic E-state index is 0.287. The van der Waals surface area contributed by atoms with Gasteiger partial charge in [0.25, 0.3) is 0 Å². The van der Waals surface area contributed by atoms with Crippen LogP contribution in [0.25, 0.3) is 33.2 Å². The molecule has 7 heteroatoms. The molecule has 0 amide bonds. The number of benzene rings is 3. The van der Waals surface area contributed by atoms with E-state index in [1.807, 2.05) is 12.3 Å². The fourth-order valence-corrected chi connectivity index (χ4v) is 5.33. The molecule has 3 heterocycles. The van der Waals surface area contributed by atoms with Gasteiger partial charge in [-0.25, -0.2) is 4.39 Å². The minimum atomic E-state index is -0.429. The van der Waals surface area contributed by atoms with E-state index in [1.54, 1.807) is 18.2 Å². The van der Waals surface area contributed by atoms with E-state index >= 15 is 0 Å². The molecule has 6 nitrogen and oxygen atoms in total. The molecule has 0 radical (unpaired) electrons. The van der Waals surface area contributed by atoms with E-state index in [0.717, 1.165) is 53.1 Å². The maximum absolute atomic E-state index is 14.9. The number of halogens is 1. The Bertz CT molecular complexity index is 1490. The molecular formula is C28H25FN4O2. The summed E-state index contributed by atoms with van der Waals surface area (Å²) < 4.78 is 26.5. The molecule has 2 aliphatic rings. The van der Waals surface area contributed by atoms with Gasteiger partial charge in [0.15, 0.2) is 0 Å². The summed E-state index contributed by atoms with van der Waals surface area (Å²) >= 11 is 0. The zero-order valence-corrected chi connectivity index (χ0v) is 19.6. The number of piperazine rings is 1. The number of nitriles is 1. The first-order valence-electron chi connectivity index (χ1n) is 11.7. The maximum Gasteiger partial charge on any atom is 0.143 e. The van der Waals surface area contributed by atoms with Crippen LogP contribution in [0.4, 0.5) is 10.1 Å². The summed E-state index contributed by atoms with van der Waals surface area (Å²) in [6.45, 7) is 3.67. The van der Waals surface area contributed by atoms with E-state index in [0.29, 0.717) is 29.5 Å². The third-order valence-electron chi connectivity index (χ3n) is 7.10. The van der Waals surface area contributed by atoms with Crippen molar-refractivity contribution in [2.75, 3.05) is 45.3 Å². The van der Waals surface area contributed by atoms with Crippen LogP contribution >= 0.6 is 0 Å². The first kappa shape index (κ1) is 21.5. The van der Waals surface area contributed by atoms with E-state index < -0.39 is 5.82 Å². The Kier molecular flexibility index (Phi) is 5.12. The van der Waals surface area contributed by atoms with Gasteiger partial charge in [-0.1, -0.05) is 12.1 Å². The topological polar surface area (TPSA) is 64.5 Å². The van der Waals surface area contributed by atoms with Crippen molar-refractivity contribution < 1.29 is 13.9 Å². The third kappa shape index (κ3) is 3.49. The molecule has 1 saturated heterocycles. The van der Waals surface area contributed by atoms with Crippen molar-refractivity contribution in [2.45, 2.75) is 6.04 Å². The third-order valence-corrected chi connectivity index (χ3v) is 7.10. The number of likely N-dealkylation sites (N-methyl/N-ethyl adjacent to an activating group) is 1. The summed E-state index contributed by atoms with van der Waals surface area (Å²) in [5.41, 5.74) is 5.08. The van der Waals surface area contributed by atoms with E-state index in [9.17, 15) is 9.65 Å². The Morgan fingerprint density at radius 1 is 1.14 bits per heavy atom. The molecule has 35 heavy (non-hydrogen) atoms. The molecule has 0 spiro atoms. The second-order valence-electron chi connectivity index (χ2n) is 9.18. The van der Waals surface area contributed by atoms with Gasteiger partial charge >= 0.3 is 0 Å². The fraction of sp³-hybridized carbons (Fsp3) is 0.250. The highest BCUT2D eigenvalue weighted by Crippen LogP contribution is 2.42. The molecule has 2 aliphatic heterocycles. The molecule has 1 fully saturated rings. The van der Waals surface area contributed by atoms with Crippen molar-refractivity contribution in [2.24, 2.45) is 0 Å². The Labute approximate surface area is 203 Å². The SMILES string of the molecule is COc1cccc(F)c1-c1cc2c(-c3ccc4c(c3)OCC3CN(C)CCN43)c[nH]c2cc1C#N. The molecule has 1 aromatic heterocycles. The zero-order valence-electron chi connectivity index (χ0n) is 19.6. The van der Waals surface area contributed by atoms with Gasteiger partial charge in [-0.05, 0) is 49.0 Å². The summed E-state index contributed by atoms with van der Waals surface area (Å²) in [5, 5.41) is 10.7. The lowest BCUT2D eigenvalue weighted by Crippen LogP contribution is -2.56. The average molecular weight is 469 g/mol. The van der Waals surface area contributed by atoms with Crippen LogP contribution in [-0.2, 0) is 0 Å². The number of hydrogen-bond acceptors (Lipinski definition) is 5. The number of methoxy groups -OCH3 is 1. The molecule has 0 bridgehead atoms. The Morgan fingerprint density at radius 2 is 2.03 bits per heavy atom. The highest BCUT2D eigenvalue weighted by molar-refractivity contribution is 6.00. The van der Waals surface area contributed by atoms with E-state index in [1.165, 1.54) is 13.2 Å².